The molecule has 2 saturated carbocycles. The highest BCUT2D eigenvalue weighted by molar-refractivity contribution is 6.62. The normalized spacial score (nSPS) is 31.7. The van der Waals surface area contributed by atoms with Crippen LogP contribution in [0.1, 0.15) is 53.0 Å². The van der Waals surface area contributed by atoms with Gasteiger partial charge in [0.15, 0.2) is 0 Å². The number of fused-ring (bicyclic) bond motifs is 2. The lowest BCUT2D eigenvalue weighted by atomic mass is 9.72. The first kappa shape index (κ1) is 19.3. The molecule has 1 aliphatic heterocycles. The van der Waals surface area contributed by atoms with Gasteiger partial charge in [0.05, 0.1) is 11.2 Å². The molecular formula is C22H26BF2NO3. The van der Waals surface area contributed by atoms with E-state index in [0.29, 0.717) is 18.2 Å². The molecule has 0 unspecified atom stereocenters. The van der Waals surface area contributed by atoms with Gasteiger partial charge in [-0.05, 0) is 69.4 Å². The number of alkyl halides is 2. The van der Waals surface area contributed by atoms with Crippen LogP contribution in [-0.4, -0.2) is 28.8 Å². The molecule has 0 amide bonds. The van der Waals surface area contributed by atoms with Gasteiger partial charge >= 0.3 is 7.12 Å². The minimum Gasteiger partial charge on any atom is -0.399 e. The Morgan fingerprint density at radius 1 is 1.07 bits per heavy atom. The van der Waals surface area contributed by atoms with Gasteiger partial charge in [-0.2, -0.15) is 0 Å². The van der Waals surface area contributed by atoms with Crippen molar-refractivity contribution >= 4 is 23.4 Å². The van der Waals surface area contributed by atoms with Gasteiger partial charge in [0.1, 0.15) is 0 Å². The lowest BCUT2D eigenvalue weighted by molar-refractivity contribution is -0.160. The smallest absolute Gasteiger partial charge is 0.399 e. The van der Waals surface area contributed by atoms with Crippen molar-refractivity contribution in [3.05, 3.63) is 40.8 Å². The summed E-state index contributed by atoms with van der Waals surface area (Å²) in [5.74, 6) is -3.11. The molecule has 4 nitrogen and oxygen atoms in total. The second-order valence-corrected chi connectivity index (χ2v) is 9.92. The molecule has 2 aromatic rings. The van der Waals surface area contributed by atoms with Crippen LogP contribution < -0.4 is 11.0 Å². The number of aromatic nitrogens is 1. The number of benzene rings is 1. The predicted octanol–water partition coefficient (Wildman–Crippen LogP) is 3.91. The third kappa shape index (κ3) is 2.81. The molecule has 2 aliphatic carbocycles. The van der Waals surface area contributed by atoms with Crippen molar-refractivity contribution in [1.82, 2.24) is 4.57 Å². The highest BCUT2D eigenvalue weighted by Gasteiger charge is 2.60. The Kier molecular flexibility index (Phi) is 3.93. The van der Waals surface area contributed by atoms with E-state index in [1.807, 2.05) is 52.0 Å². The lowest BCUT2D eigenvalue weighted by Gasteiger charge is -2.39. The quantitative estimate of drug-likeness (QED) is 0.717. The second kappa shape index (κ2) is 5.91. The van der Waals surface area contributed by atoms with Crippen LogP contribution in [0.15, 0.2) is 35.3 Å². The van der Waals surface area contributed by atoms with E-state index >= 15 is 0 Å². The van der Waals surface area contributed by atoms with Crippen LogP contribution in [0.3, 0.4) is 0 Å². The molecule has 0 bridgehead atoms. The van der Waals surface area contributed by atoms with Crippen LogP contribution in [0.2, 0.25) is 0 Å². The number of hydrogen-bond donors (Lipinski definition) is 0. The van der Waals surface area contributed by atoms with Crippen LogP contribution >= 0.6 is 0 Å². The monoisotopic (exact) mass is 401 g/mol. The van der Waals surface area contributed by atoms with Crippen molar-refractivity contribution in [3.8, 4) is 0 Å². The van der Waals surface area contributed by atoms with Crippen LogP contribution in [0, 0.1) is 11.8 Å². The summed E-state index contributed by atoms with van der Waals surface area (Å²) in [6.45, 7) is 7.97. The minimum absolute atomic E-state index is 0.0358. The number of nitrogens with zero attached hydrogens (tertiary/aromatic N) is 1. The van der Waals surface area contributed by atoms with Crippen molar-refractivity contribution in [3.63, 3.8) is 0 Å². The maximum atomic E-state index is 13.8. The predicted molar refractivity (Wildman–Crippen MR) is 109 cm³/mol. The van der Waals surface area contributed by atoms with Gasteiger partial charge in [-0.1, -0.05) is 12.1 Å². The van der Waals surface area contributed by atoms with E-state index in [2.05, 4.69) is 0 Å². The molecule has 1 saturated heterocycles. The van der Waals surface area contributed by atoms with Gasteiger partial charge in [0, 0.05) is 30.0 Å². The molecule has 3 aliphatic rings. The number of halogens is 2. The van der Waals surface area contributed by atoms with E-state index in [-0.39, 0.29) is 23.9 Å². The molecule has 2 heterocycles. The van der Waals surface area contributed by atoms with Crippen LogP contribution in [0.25, 0.3) is 10.8 Å². The van der Waals surface area contributed by atoms with Crippen LogP contribution in [0.4, 0.5) is 8.78 Å². The first-order valence-electron chi connectivity index (χ1n) is 10.4. The maximum Gasteiger partial charge on any atom is 0.494 e. The Morgan fingerprint density at radius 2 is 1.76 bits per heavy atom. The lowest BCUT2D eigenvalue weighted by Crippen LogP contribution is -2.43. The summed E-state index contributed by atoms with van der Waals surface area (Å²) in [4.78, 5) is 13.2. The Labute approximate surface area is 169 Å². The highest BCUT2D eigenvalue weighted by atomic mass is 19.3. The van der Waals surface area contributed by atoms with Gasteiger partial charge < -0.3 is 13.9 Å². The van der Waals surface area contributed by atoms with Gasteiger partial charge in [-0.15, -0.1) is 0 Å². The van der Waals surface area contributed by atoms with Crippen molar-refractivity contribution < 1.29 is 18.1 Å². The summed E-state index contributed by atoms with van der Waals surface area (Å²) < 4.78 is 41.4. The average molecular weight is 401 g/mol. The summed E-state index contributed by atoms with van der Waals surface area (Å²) in [6.07, 6.45) is 2.75. The third-order valence-electron chi connectivity index (χ3n) is 7.62. The summed E-state index contributed by atoms with van der Waals surface area (Å²) in [6, 6.07) is 7.38. The molecule has 0 N–H and O–H groups in total. The van der Waals surface area contributed by atoms with Gasteiger partial charge in [-0.25, -0.2) is 8.78 Å². The first-order chi connectivity index (χ1) is 13.5. The Bertz CT molecular complexity index is 1030. The Morgan fingerprint density at radius 3 is 2.38 bits per heavy atom. The molecular weight excluding hydrogens is 375 g/mol. The number of pyridine rings is 1. The summed E-state index contributed by atoms with van der Waals surface area (Å²) in [5.41, 5.74) is -0.255. The number of hydrogen-bond acceptors (Lipinski definition) is 3. The van der Waals surface area contributed by atoms with Gasteiger partial charge in [-0.3, -0.25) is 4.79 Å². The van der Waals surface area contributed by atoms with E-state index in [1.54, 1.807) is 10.8 Å². The van der Waals surface area contributed by atoms with Crippen LogP contribution in [-0.2, 0) is 9.31 Å². The van der Waals surface area contributed by atoms with Crippen LogP contribution in [0.5, 0.6) is 0 Å². The van der Waals surface area contributed by atoms with E-state index in [1.165, 1.54) is 0 Å². The van der Waals surface area contributed by atoms with Crippen molar-refractivity contribution in [2.75, 3.05) is 0 Å². The molecule has 0 radical (unpaired) electrons. The van der Waals surface area contributed by atoms with Crippen molar-refractivity contribution in [1.29, 1.82) is 0 Å². The topological polar surface area (TPSA) is 40.5 Å². The zero-order valence-electron chi connectivity index (χ0n) is 17.2. The fraction of sp³-hybridized carbons (Fsp3) is 0.591. The van der Waals surface area contributed by atoms with E-state index in [9.17, 15) is 13.6 Å². The Hall–Kier alpha value is -1.73. The first-order valence-corrected chi connectivity index (χ1v) is 10.4. The summed E-state index contributed by atoms with van der Waals surface area (Å²) >= 11 is 0. The SMILES string of the molecule is CC1(C)OB(c2ccc3ccn([C@@H]4C[C@H]5CC(F)(F)[C@H]5C4)c(=O)c3c2)OC1(C)C. The summed E-state index contributed by atoms with van der Waals surface area (Å²) in [7, 11) is -0.543. The minimum atomic E-state index is -2.57. The highest BCUT2D eigenvalue weighted by Crippen LogP contribution is 2.59. The molecule has 1 aromatic carbocycles. The van der Waals surface area contributed by atoms with Gasteiger partial charge in [0.25, 0.3) is 11.5 Å². The zero-order valence-corrected chi connectivity index (χ0v) is 17.2. The van der Waals surface area contributed by atoms with Gasteiger partial charge in [0.2, 0.25) is 0 Å². The number of rotatable bonds is 2. The van der Waals surface area contributed by atoms with E-state index in [0.717, 1.165) is 10.8 Å². The molecule has 0 spiro atoms. The molecule has 1 aromatic heterocycles. The third-order valence-corrected chi connectivity index (χ3v) is 7.62. The molecule has 5 rings (SSSR count). The molecule has 3 fully saturated rings. The second-order valence-electron chi connectivity index (χ2n) is 9.92. The molecule has 29 heavy (non-hydrogen) atoms. The fourth-order valence-corrected chi connectivity index (χ4v) is 5.09. The van der Waals surface area contributed by atoms with E-state index < -0.39 is 30.2 Å². The standard InChI is InChI=1S/C22H26BF2NO3/c1-20(2)21(3,4)29-23(28-20)15-6-5-13-7-8-26(19(27)17(13)10-15)16-9-14-12-22(24,25)18(14)11-16/h5-8,10,14,16,18H,9,11-12H2,1-4H3/t14-,16+,18-/m0/s1. The maximum absolute atomic E-state index is 13.8. The molecule has 154 valence electrons. The fourth-order valence-electron chi connectivity index (χ4n) is 5.09. The van der Waals surface area contributed by atoms with Crippen molar-refractivity contribution in [2.45, 2.75) is 70.1 Å². The van der Waals surface area contributed by atoms with E-state index in [4.69, 9.17) is 9.31 Å². The Balaban J connectivity index is 1.49. The largest absolute Gasteiger partial charge is 0.494 e. The molecule has 7 heteroatoms. The van der Waals surface area contributed by atoms with Crippen molar-refractivity contribution in [2.24, 2.45) is 11.8 Å². The zero-order chi connectivity index (χ0) is 20.8. The summed E-state index contributed by atoms with van der Waals surface area (Å²) in [5, 5.41) is 1.41. The molecule has 3 atom stereocenters. The average Bonchev–Trinajstić information content (AvgIpc) is 3.10.